The van der Waals surface area contributed by atoms with Gasteiger partial charge in [0.1, 0.15) is 0 Å². The predicted octanol–water partition coefficient (Wildman–Crippen LogP) is 5.09. The zero-order valence-electron chi connectivity index (χ0n) is 14.4. The molecule has 1 N–H and O–H groups in total. The van der Waals surface area contributed by atoms with Gasteiger partial charge < -0.3 is 5.11 Å². The predicted molar refractivity (Wildman–Crippen MR) is 113 cm³/mol. The Hall–Kier alpha value is -1.86. The van der Waals surface area contributed by atoms with Crippen molar-refractivity contribution in [2.45, 2.75) is 11.5 Å². The molecule has 0 saturated carbocycles. The molecule has 0 radical (unpaired) electrons. The Kier molecular flexibility index (Phi) is 5.91. The molecule has 0 atom stereocenters. The molecule has 0 heterocycles. The minimum Gasteiger partial charge on any atom is -0.392 e. The first-order valence-corrected chi connectivity index (χ1v) is 10.7. The topological polar surface area (TPSA) is 57.6 Å². The van der Waals surface area contributed by atoms with E-state index in [2.05, 4.69) is 15.9 Å². The van der Waals surface area contributed by atoms with E-state index in [0.717, 1.165) is 19.9 Å². The molecule has 4 nitrogen and oxygen atoms in total. The van der Waals surface area contributed by atoms with Gasteiger partial charge in [-0.25, -0.2) is 8.42 Å². The molecule has 140 valence electrons. The zero-order valence-corrected chi connectivity index (χ0v) is 17.6. The molecule has 0 aliphatic carbocycles. The summed E-state index contributed by atoms with van der Waals surface area (Å²) in [6, 6.07) is 19.3. The van der Waals surface area contributed by atoms with E-state index in [1.165, 1.54) is 7.05 Å². The number of halogens is 2. The van der Waals surface area contributed by atoms with E-state index in [1.807, 2.05) is 24.3 Å². The van der Waals surface area contributed by atoms with Crippen molar-refractivity contribution in [2.24, 2.45) is 0 Å². The SMILES string of the molecule is CN(c1cc(CO)ccc1Cl)S(=O)(=O)c1ccc(-c2ccc(Br)cc2)cc1. The first-order valence-electron chi connectivity index (χ1n) is 8.07. The summed E-state index contributed by atoms with van der Waals surface area (Å²) in [6.45, 7) is -0.195. The monoisotopic (exact) mass is 465 g/mol. The molecule has 0 aliphatic heterocycles. The van der Waals surface area contributed by atoms with Crippen molar-refractivity contribution in [3.63, 3.8) is 0 Å². The number of anilines is 1. The van der Waals surface area contributed by atoms with Gasteiger partial charge in [-0.1, -0.05) is 57.9 Å². The molecule has 3 rings (SSSR count). The highest BCUT2D eigenvalue weighted by atomic mass is 79.9. The maximum Gasteiger partial charge on any atom is 0.264 e. The zero-order chi connectivity index (χ0) is 19.6. The summed E-state index contributed by atoms with van der Waals surface area (Å²) < 4.78 is 28.1. The van der Waals surface area contributed by atoms with Gasteiger partial charge >= 0.3 is 0 Å². The fourth-order valence-corrected chi connectivity index (χ4v) is 4.41. The lowest BCUT2D eigenvalue weighted by Crippen LogP contribution is -2.27. The summed E-state index contributed by atoms with van der Waals surface area (Å²) in [5.41, 5.74) is 2.82. The number of nitrogens with zero attached hydrogens (tertiary/aromatic N) is 1. The molecule has 0 fully saturated rings. The molecule has 7 heteroatoms. The van der Waals surface area contributed by atoms with E-state index in [4.69, 9.17) is 11.6 Å². The van der Waals surface area contributed by atoms with Crippen molar-refractivity contribution in [3.8, 4) is 11.1 Å². The molecule has 0 aliphatic rings. The van der Waals surface area contributed by atoms with Crippen LogP contribution in [-0.2, 0) is 16.6 Å². The molecular formula is C20H17BrClNO3S. The highest BCUT2D eigenvalue weighted by Gasteiger charge is 2.23. The van der Waals surface area contributed by atoms with Gasteiger partial charge in [0.25, 0.3) is 10.0 Å². The Morgan fingerprint density at radius 3 is 2.07 bits per heavy atom. The number of hydrogen-bond donors (Lipinski definition) is 1. The minimum absolute atomic E-state index is 0.163. The van der Waals surface area contributed by atoms with E-state index in [0.29, 0.717) is 16.3 Å². The molecular weight excluding hydrogens is 450 g/mol. The molecule has 0 bridgehead atoms. The van der Waals surface area contributed by atoms with Gasteiger partial charge in [-0.3, -0.25) is 4.31 Å². The average Bonchev–Trinajstić information content (AvgIpc) is 2.68. The Bertz CT molecular complexity index is 1050. The first-order chi connectivity index (χ1) is 12.8. The van der Waals surface area contributed by atoms with Gasteiger partial charge in [0, 0.05) is 11.5 Å². The maximum atomic E-state index is 13.0. The lowest BCUT2D eigenvalue weighted by Gasteiger charge is -2.21. The van der Waals surface area contributed by atoms with E-state index in [9.17, 15) is 13.5 Å². The number of aliphatic hydroxyl groups is 1. The van der Waals surface area contributed by atoms with Crippen LogP contribution in [0.4, 0.5) is 5.69 Å². The van der Waals surface area contributed by atoms with Crippen molar-refractivity contribution in [1.29, 1.82) is 0 Å². The highest BCUT2D eigenvalue weighted by Crippen LogP contribution is 2.31. The van der Waals surface area contributed by atoms with Crippen LogP contribution in [0.1, 0.15) is 5.56 Å². The Labute approximate surface area is 172 Å². The van der Waals surface area contributed by atoms with Gasteiger partial charge in [0.05, 0.1) is 22.2 Å². The third kappa shape index (κ3) is 4.19. The van der Waals surface area contributed by atoms with Crippen LogP contribution in [0.3, 0.4) is 0 Å². The summed E-state index contributed by atoms with van der Waals surface area (Å²) in [7, 11) is -2.34. The lowest BCUT2D eigenvalue weighted by atomic mass is 10.1. The Morgan fingerprint density at radius 1 is 0.963 bits per heavy atom. The Morgan fingerprint density at radius 2 is 1.52 bits per heavy atom. The second-order valence-electron chi connectivity index (χ2n) is 5.95. The van der Waals surface area contributed by atoms with Crippen LogP contribution in [-0.4, -0.2) is 20.6 Å². The smallest absolute Gasteiger partial charge is 0.264 e. The molecule has 0 unspecified atom stereocenters. The van der Waals surface area contributed by atoms with E-state index in [-0.39, 0.29) is 11.5 Å². The van der Waals surface area contributed by atoms with Gasteiger partial charge in [0.2, 0.25) is 0 Å². The molecule has 3 aromatic rings. The maximum absolute atomic E-state index is 13.0. The highest BCUT2D eigenvalue weighted by molar-refractivity contribution is 9.10. The van der Waals surface area contributed by atoms with Gasteiger partial charge in [-0.05, 0) is 53.1 Å². The van der Waals surface area contributed by atoms with Crippen LogP contribution in [0.25, 0.3) is 11.1 Å². The van der Waals surface area contributed by atoms with Crippen LogP contribution in [0.2, 0.25) is 5.02 Å². The van der Waals surface area contributed by atoms with Crippen molar-refractivity contribution in [1.82, 2.24) is 0 Å². The second kappa shape index (κ2) is 8.02. The van der Waals surface area contributed by atoms with Crippen LogP contribution in [0, 0.1) is 0 Å². The van der Waals surface area contributed by atoms with Crippen molar-refractivity contribution >= 4 is 43.2 Å². The van der Waals surface area contributed by atoms with Gasteiger partial charge in [0.15, 0.2) is 0 Å². The quantitative estimate of drug-likeness (QED) is 0.570. The molecule has 27 heavy (non-hydrogen) atoms. The number of aliphatic hydroxyl groups excluding tert-OH is 1. The normalized spacial score (nSPS) is 11.4. The summed E-state index contributed by atoms with van der Waals surface area (Å²) in [5, 5.41) is 9.59. The fraction of sp³-hybridized carbons (Fsp3) is 0.100. The van der Waals surface area contributed by atoms with E-state index < -0.39 is 10.0 Å². The number of benzene rings is 3. The first kappa shape index (κ1) is 19.9. The largest absolute Gasteiger partial charge is 0.392 e. The molecule has 0 saturated heterocycles. The fourth-order valence-electron chi connectivity index (χ4n) is 2.65. The number of rotatable bonds is 5. The third-order valence-electron chi connectivity index (χ3n) is 4.22. The van der Waals surface area contributed by atoms with Crippen molar-refractivity contribution in [3.05, 3.63) is 81.8 Å². The Balaban J connectivity index is 1.94. The summed E-state index contributed by atoms with van der Waals surface area (Å²) in [6.07, 6.45) is 0. The summed E-state index contributed by atoms with van der Waals surface area (Å²) >= 11 is 9.57. The standard InChI is InChI=1S/C20H17BrClNO3S/c1-23(20-12-14(13-24)2-11-19(20)22)27(25,26)18-9-5-16(6-10-18)15-3-7-17(21)8-4-15/h2-12,24H,13H2,1H3. The van der Waals surface area contributed by atoms with Gasteiger partial charge in [-0.2, -0.15) is 0 Å². The minimum atomic E-state index is -3.79. The van der Waals surface area contributed by atoms with E-state index in [1.54, 1.807) is 42.5 Å². The average molecular weight is 467 g/mol. The van der Waals surface area contributed by atoms with Crippen molar-refractivity contribution in [2.75, 3.05) is 11.4 Å². The van der Waals surface area contributed by atoms with Crippen LogP contribution in [0.15, 0.2) is 76.1 Å². The van der Waals surface area contributed by atoms with Crippen LogP contribution in [0.5, 0.6) is 0 Å². The molecule has 0 amide bonds. The van der Waals surface area contributed by atoms with Crippen molar-refractivity contribution < 1.29 is 13.5 Å². The molecule has 0 aromatic heterocycles. The molecule has 3 aromatic carbocycles. The molecule has 0 spiro atoms. The second-order valence-corrected chi connectivity index (χ2v) is 9.24. The number of sulfonamides is 1. The van der Waals surface area contributed by atoms with Gasteiger partial charge in [-0.15, -0.1) is 0 Å². The number of hydrogen-bond acceptors (Lipinski definition) is 3. The van der Waals surface area contributed by atoms with Crippen LogP contribution < -0.4 is 4.31 Å². The van der Waals surface area contributed by atoms with E-state index >= 15 is 0 Å². The summed E-state index contributed by atoms with van der Waals surface area (Å²) in [5.74, 6) is 0. The lowest BCUT2D eigenvalue weighted by molar-refractivity contribution is 0.282. The third-order valence-corrected chi connectivity index (χ3v) is 6.86. The summed E-state index contributed by atoms with van der Waals surface area (Å²) in [4.78, 5) is 0.163. The van der Waals surface area contributed by atoms with Crippen LogP contribution >= 0.6 is 27.5 Å².